The van der Waals surface area contributed by atoms with E-state index in [4.69, 9.17) is 28.4 Å². The molecule has 11 heteroatoms. The van der Waals surface area contributed by atoms with Crippen molar-refractivity contribution in [1.82, 2.24) is 0 Å². The largest absolute Gasteiger partial charge is 0.504 e. The van der Waals surface area contributed by atoms with E-state index in [2.05, 4.69) is 0 Å². The van der Waals surface area contributed by atoms with Crippen molar-refractivity contribution in [3.05, 3.63) is 47.0 Å². The van der Waals surface area contributed by atoms with Gasteiger partial charge in [0.25, 0.3) is 0 Å². The minimum Gasteiger partial charge on any atom is -0.504 e. The number of methoxy groups -OCH3 is 3. The van der Waals surface area contributed by atoms with E-state index in [9.17, 15) is 25.5 Å². The lowest BCUT2D eigenvalue weighted by Gasteiger charge is -2.39. The van der Waals surface area contributed by atoms with E-state index in [1.165, 1.54) is 7.11 Å². The topological polar surface area (TPSA) is 157 Å². The molecule has 0 bridgehead atoms. The van der Waals surface area contributed by atoms with Crippen LogP contribution >= 0.6 is 0 Å². The van der Waals surface area contributed by atoms with Crippen LogP contribution in [0, 0.1) is 0 Å². The normalized spacial score (nSPS) is 29.0. The summed E-state index contributed by atoms with van der Waals surface area (Å²) < 4.78 is 33.9. The van der Waals surface area contributed by atoms with E-state index in [1.54, 1.807) is 32.4 Å². The average Bonchev–Trinajstić information content (AvgIpc) is 3.29. The third kappa shape index (κ3) is 5.48. The number of aryl methyl sites for hydroxylation is 1. The SMILES string of the molecule is COc1cc([C@H]2Oc3c(OC)cc(CCCO[C@@H]4O[C@H](CO)[C@@H](O)[C@H](O)[C@H]4O)cc3[C@@H]2OC)ccc1O. The first-order chi connectivity index (χ1) is 17.8. The average molecular weight is 523 g/mol. The van der Waals surface area contributed by atoms with Crippen LogP contribution in [-0.4, -0.2) is 90.8 Å². The quantitative estimate of drug-likeness (QED) is 0.283. The highest BCUT2D eigenvalue weighted by Gasteiger charge is 2.44. The zero-order valence-corrected chi connectivity index (χ0v) is 20.9. The zero-order valence-electron chi connectivity index (χ0n) is 20.9. The maximum absolute atomic E-state index is 10.1. The molecule has 0 aliphatic carbocycles. The Morgan fingerprint density at radius 1 is 0.919 bits per heavy atom. The van der Waals surface area contributed by atoms with Gasteiger partial charge in [-0.25, -0.2) is 0 Å². The Hall–Kier alpha value is -2.64. The highest BCUT2D eigenvalue weighted by atomic mass is 16.7. The molecule has 1 fully saturated rings. The summed E-state index contributed by atoms with van der Waals surface area (Å²) in [5.74, 6) is 1.49. The van der Waals surface area contributed by atoms with Crippen molar-refractivity contribution in [3.8, 4) is 23.0 Å². The smallest absolute Gasteiger partial charge is 0.186 e. The Morgan fingerprint density at radius 2 is 1.68 bits per heavy atom. The van der Waals surface area contributed by atoms with Gasteiger partial charge in [-0.1, -0.05) is 6.07 Å². The van der Waals surface area contributed by atoms with Crippen LogP contribution in [-0.2, 0) is 20.6 Å². The van der Waals surface area contributed by atoms with Crippen LogP contribution in [0.4, 0.5) is 0 Å². The van der Waals surface area contributed by atoms with Crippen LogP contribution in [0.5, 0.6) is 23.0 Å². The van der Waals surface area contributed by atoms with Crippen LogP contribution in [0.25, 0.3) is 0 Å². The first-order valence-corrected chi connectivity index (χ1v) is 12.0. The molecule has 37 heavy (non-hydrogen) atoms. The maximum Gasteiger partial charge on any atom is 0.186 e. The van der Waals surface area contributed by atoms with Gasteiger partial charge in [-0.3, -0.25) is 0 Å². The number of rotatable bonds is 10. The molecule has 0 aromatic heterocycles. The predicted octanol–water partition coefficient (Wildman–Crippen LogP) is 0.980. The lowest BCUT2D eigenvalue weighted by atomic mass is 9.97. The van der Waals surface area contributed by atoms with Crippen molar-refractivity contribution in [2.75, 3.05) is 34.5 Å². The molecule has 1 saturated heterocycles. The van der Waals surface area contributed by atoms with Crippen molar-refractivity contribution < 1.29 is 54.0 Å². The summed E-state index contributed by atoms with van der Waals surface area (Å²) >= 11 is 0. The van der Waals surface area contributed by atoms with Gasteiger partial charge in [-0.05, 0) is 48.2 Å². The minimum absolute atomic E-state index is 0.0292. The molecule has 7 atom stereocenters. The van der Waals surface area contributed by atoms with Crippen LogP contribution in [0.15, 0.2) is 30.3 Å². The summed E-state index contributed by atoms with van der Waals surface area (Å²) in [4.78, 5) is 0. The van der Waals surface area contributed by atoms with Gasteiger partial charge in [0.2, 0.25) is 0 Å². The third-order valence-electron chi connectivity index (χ3n) is 6.72. The van der Waals surface area contributed by atoms with E-state index < -0.39 is 49.5 Å². The van der Waals surface area contributed by atoms with Gasteiger partial charge >= 0.3 is 0 Å². The fraction of sp³-hybridized carbons (Fsp3) is 0.538. The molecule has 0 saturated carbocycles. The lowest BCUT2D eigenvalue weighted by Crippen LogP contribution is -2.59. The van der Waals surface area contributed by atoms with Crippen molar-refractivity contribution in [3.63, 3.8) is 0 Å². The molecule has 5 N–H and O–H groups in total. The zero-order chi connectivity index (χ0) is 26.7. The number of aliphatic hydroxyl groups is 4. The maximum atomic E-state index is 10.1. The number of phenolic OH excluding ortho intramolecular Hbond substituents is 1. The molecule has 0 unspecified atom stereocenters. The Balaban J connectivity index is 1.44. The van der Waals surface area contributed by atoms with E-state index in [1.807, 2.05) is 12.1 Å². The number of hydrogen-bond donors (Lipinski definition) is 5. The summed E-state index contributed by atoms with van der Waals surface area (Å²) in [6.45, 7) is -0.317. The molecule has 2 aliphatic heterocycles. The molecule has 0 spiro atoms. The van der Waals surface area contributed by atoms with E-state index in [0.717, 1.165) is 16.7 Å². The van der Waals surface area contributed by atoms with Gasteiger partial charge in [0.15, 0.2) is 35.4 Å². The summed E-state index contributed by atoms with van der Waals surface area (Å²) in [5.41, 5.74) is 2.54. The summed E-state index contributed by atoms with van der Waals surface area (Å²) in [6, 6.07) is 8.87. The highest BCUT2D eigenvalue weighted by molar-refractivity contribution is 5.55. The predicted molar refractivity (Wildman–Crippen MR) is 129 cm³/mol. The number of aromatic hydroxyl groups is 1. The van der Waals surface area contributed by atoms with Crippen molar-refractivity contribution in [1.29, 1.82) is 0 Å². The number of hydrogen-bond acceptors (Lipinski definition) is 11. The fourth-order valence-corrected chi connectivity index (χ4v) is 4.71. The second kappa shape index (κ2) is 11.8. The number of aliphatic hydroxyl groups excluding tert-OH is 4. The first-order valence-electron chi connectivity index (χ1n) is 12.0. The van der Waals surface area contributed by atoms with Gasteiger partial charge in [-0.2, -0.15) is 0 Å². The van der Waals surface area contributed by atoms with Gasteiger partial charge in [0.05, 0.1) is 27.4 Å². The molecule has 204 valence electrons. The van der Waals surface area contributed by atoms with E-state index in [0.29, 0.717) is 30.1 Å². The van der Waals surface area contributed by atoms with E-state index >= 15 is 0 Å². The third-order valence-corrected chi connectivity index (χ3v) is 6.72. The minimum atomic E-state index is -1.48. The molecular weight excluding hydrogens is 488 g/mol. The Morgan fingerprint density at radius 3 is 2.35 bits per heavy atom. The lowest BCUT2D eigenvalue weighted by molar-refractivity contribution is -0.301. The van der Waals surface area contributed by atoms with E-state index in [-0.39, 0.29) is 12.4 Å². The summed E-state index contributed by atoms with van der Waals surface area (Å²) in [6.07, 6.45) is -6.30. The Kier molecular flexibility index (Phi) is 8.75. The van der Waals surface area contributed by atoms with Gasteiger partial charge in [0.1, 0.15) is 30.5 Å². The fourth-order valence-electron chi connectivity index (χ4n) is 4.71. The number of ether oxygens (including phenoxy) is 6. The number of benzene rings is 2. The van der Waals surface area contributed by atoms with Crippen molar-refractivity contribution >= 4 is 0 Å². The Labute approximate surface area is 214 Å². The van der Waals surface area contributed by atoms with Gasteiger partial charge in [0, 0.05) is 12.7 Å². The number of fused-ring (bicyclic) bond motifs is 1. The van der Waals surface area contributed by atoms with Gasteiger partial charge in [-0.15, -0.1) is 0 Å². The highest BCUT2D eigenvalue weighted by Crippen LogP contribution is 2.51. The monoisotopic (exact) mass is 522 g/mol. The van der Waals surface area contributed by atoms with Crippen LogP contribution < -0.4 is 14.2 Å². The summed E-state index contributed by atoms with van der Waals surface area (Å²) in [7, 11) is 4.64. The standard InChI is InChI=1S/C26H34O11/c1-32-17-11-14(6-7-16(17)28)23-25(34-3)15-9-13(10-18(33-2)24(15)37-23)5-4-8-35-26-22(31)21(30)20(29)19(12-27)36-26/h6-7,9-11,19-23,25-31H,4-5,8,12H2,1-3H3/t19-,20-,21+,22-,23-,25+,26-/m1/s1. The van der Waals surface area contributed by atoms with Crippen molar-refractivity contribution in [2.45, 2.75) is 55.8 Å². The van der Waals surface area contributed by atoms with Crippen LogP contribution in [0.2, 0.25) is 0 Å². The molecular formula is C26H34O11. The summed E-state index contributed by atoms with van der Waals surface area (Å²) in [5, 5.41) is 49.2. The molecule has 2 aromatic carbocycles. The molecule has 2 aliphatic rings. The molecule has 2 aromatic rings. The van der Waals surface area contributed by atoms with Crippen molar-refractivity contribution in [2.24, 2.45) is 0 Å². The second-order valence-electron chi connectivity index (χ2n) is 9.01. The van der Waals surface area contributed by atoms with Crippen LogP contribution in [0.1, 0.15) is 35.3 Å². The van der Waals surface area contributed by atoms with Crippen LogP contribution in [0.3, 0.4) is 0 Å². The molecule has 2 heterocycles. The molecule has 4 rings (SSSR count). The molecule has 0 radical (unpaired) electrons. The second-order valence-corrected chi connectivity index (χ2v) is 9.01. The first kappa shape index (κ1) is 27.4. The van der Waals surface area contributed by atoms with Gasteiger partial charge < -0.3 is 54.0 Å². The molecule has 11 nitrogen and oxygen atoms in total. The Bertz CT molecular complexity index is 1060. The molecule has 0 amide bonds. The number of phenols is 1.